The van der Waals surface area contributed by atoms with Gasteiger partial charge in [0.25, 0.3) is 0 Å². The molecule has 25 heavy (non-hydrogen) atoms. The molecule has 2 aliphatic rings. The Bertz CT molecular complexity index is 766. The van der Waals surface area contributed by atoms with E-state index in [1.165, 1.54) is 19.3 Å². The quantitative estimate of drug-likeness (QED) is 0.870. The first-order chi connectivity index (χ1) is 12.1. The summed E-state index contributed by atoms with van der Waals surface area (Å²) in [6, 6.07) is 2.14. The lowest BCUT2D eigenvalue weighted by Crippen LogP contribution is -2.33. The molecule has 4 atom stereocenters. The summed E-state index contributed by atoms with van der Waals surface area (Å²) in [5, 5.41) is 16.2. The summed E-state index contributed by atoms with van der Waals surface area (Å²) in [4.78, 5) is 12.5. The largest absolute Gasteiger partial charge is 0.342 e. The van der Waals surface area contributed by atoms with Crippen LogP contribution in [0.5, 0.6) is 0 Å². The van der Waals surface area contributed by atoms with Gasteiger partial charge in [0.2, 0.25) is 11.7 Å². The number of hydrogen-bond acceptors (Lipinski definition) is 4. The van der Waals surface area contributed by atoms with Gasteiger partial charge in [-0.3, -0.25) is 4.79 Å². The van der Waals surface area contributed by atoms with Crippen molar-refractivity contribution >= 4 is 5.91 Å². The van der Waals surface area contributed by atoms with E-state index in [9.17, 15) is 13.6 Å². The van der Waals surface area contributed by atoms with Crippen LogP contribution in [0.25, 0.3) is 0 Å². The number of rotatable bonds is 5. The molecule has 1 aromatic carbocycles. The standard InChI is InChI=1S/C17H19F2N5O/c18-12-3-4-14(19)13(8-12)16(17-21-23-24-22-17)20-15(25)7-11-6-9-1-2-10(11)5-9/h3-4,8-11,16H,1-2,5-7H2,(H,20,25)(H,21,22,23,24)/t9-,10-,11-,16+/m0/s1. The Kier molecular flexibility index (Phi) is 4.19. The Morgan fingerprint density at radius 1 is 1.32 bits per heavy atom. The van der Waals surface area contributed by atoms with Crippen molar-refractivity contribution < 1.29 is 13.6 Å². The maximum Gasteiger partial charge on any atom is 0.221 e. The molecule has 6 nitrogen and oxygen atoms in total. The first-order valence-corrected chi connectivity index (χ1v) is 8.58. The summed E-state index contributed by atoms with van der Waals surface area (Å²) < 4.78 is 27.8. The number of carbonyl (C=O) groups is 1. The van der Waals surface area contributed by atoms with Crippen LogP contribution in [0, 0.1) is 29.4 Å². The average molecular weight is 347 g/mol. The molecule has 0 aliphatic heterocycles. The van der Waals surface area contributed by atoms with Crippen molar-refractivity contribution in [2.24, 2.45) is 17.8 Å². The number of nitrogens with one attached hydrogen (secondary N) is 2. The Morgan fingerprint density at radius 3 is 2.88 bits per heavy atom. The number of fused-ring (bicyclic) bond motifs is 2. The summed E-state index contributed by atoms with van der Waals surface area (Å²) in [6.45, 7) is 0. The highest BCUT2D eigenvalue weighted by atomic mass is 19.1. The van der Waals surface area contributed by atoms with Gasteiger partial charge in [0.1, 0.15) is 17.7 Å². The minimum atomic E-state index is -0.972. The Morgan fingerprint density at radius 2 is 2.20 bits per heavy atom. The van der Waals surface area contributed by atoms with Crippen LogP contribution in [-0.2, 0) is 4.79 Å². The predicted molar refractivity (Wildman–Crippen MR) is 84.1 cm³/mol. The number of hydrogen-bond donors (Lipinski definition) is 2. The van der Waals surface area contributed by atoms with Crippen molar-refractivity contribution in [2.75, 3.05) is 0 Å². The maximum absolute atomic E-state index is 14.2. The molecule has 1 amide bonds. The van der Waals surface area contributed by atoms with E-state index in [4.69, 9.17) is 0 Å². The van der Waals surface area contributed by atoms with E-state index in [2.05, 4.69) is 25.9 Å². The number of aromatic nitrogens is 4. The van der Waals surface area contributed by atoms with Gasteiger partial charge in [-0.1, -0.05) is 11.6 Å². The third-order valence-electron chi connectivity index (χ3n) is 5.53. The second-order valence-electron chi connectivity index (χ2n) is 7.08. The van der Waals surface area contributed by atoms with Gasteiger partial charge < -0.3 is 5.32 Å². The van der Waals surface area contributed by atoms with E-state index in [0.717, 1.165) is 30.5 Å². The van der Waals surface area contributed by atoms with Gasteiger partial charge in [-0.05, 0) is 55.2 Å². The van der Waals surface area contributed by atoms with Crippen LogP contribution in [0.3, 0.4) is 0 Å². The first kappa shape index (κ1) is 16.1. The Balaban J connectivity index is 1.52. The molecule has 1 heterocycles. The van der Waals surface area contributed by atoms with Crippen LogP contribution in [-0.4, -0.2) is 26.5 Å². The molecule has 1 aromatic heterocycles. The molecule has 4 rings (SSSR count). The molecule has 0 unspecified atom stereocenters. The molecule has 2 aromatic rings. The number of aromatic amines is 1. The third kappa shape index (κ3) is 3.25. The van der Waals surface area contributed by atoms with E-state index in [-0.39, 0.29) is 17.3 Å². The lowest BCUT2D eigenvalue weighted by Gasteiger charge is -2.23. The summed E-state index contributed by atoms with van der Waals surface area (Å²) in [7, 11) is 0. The molecular formula is C17H19F2N5O. The van der Waals surface area contributed by atoms with Gasteiger partial charge in [-0.2, -0.15) is 5.21 Å². The topological polar surface area (TPSA) is 83.6 Å². The summed E-state index contributed by atoms with van der Waals surface area (Å²) in [5.41, 5.74) is -0.0114. The van der Waals surface area contributed by atoms with Crippen molar-refractivity contribution in [3.05, 3.63) is 41.2 Å². The highest BCUT2D eigenvalue weighted by Crippen LogP contribution is 2.49. The fourth-order valence-corrected chi connectivity index (χ4v) is 4.39. The van der Waals surface area contributed by atoms with Crippen molar-refractivity contribution in [3.8, 4) is 0 Å². The molecule has 2 fully saturated rings. The van der Waals surface area contributed by atoms with Gasteiger partial charge >= 0.3 is 0 Å². The smallest absolute Gasteiger partial charge is 0.221 e. The van der Waals surface area contributed by atoms with E-state index < -0.39 is 17.7 Å². The monoisotopic (exact) mass is 347 g/mol. The molecule has 8 heteroatoms. The van der Waals surface area contributed by atoms with Crippen molar-refractivity contribution in [3.63, 3.8) is 0 Å². The van der Waals surface area contributed by atoms with Gasteiger partial charge in [-0.25, -0.2) is 8.78 Å². The summed E-state index contributed by atoms with van der Waals surface area (Å²) >= 11 is 0. The SMILES string of the molecule is O=C(C[C@@H]1C[C@H]2CC[C@H]1C2)N[C@@H](c1nn[nH]n1)c1cc(F)ccc1F. The zero-order chi connectivity index (χ0) is 17.4. The Labute approximate surface area is 143 Å². The number of halogens is 2. The van der Waals surface area contributed by atoms with Gasteiger partial charge in [0.15, 0.2) is 0 Å². The van der Waals surface area contributed by atoms with Gasteiger partial charge in [-0.15, -0.1) is 10.2 Å². The van der Waals surface area contributed by atoms with E-state index in [0.29, 0.717) is 18.3 Å². The van der Waals surface area contributed by atoms with Gasteiger partial charge in [0.05, 0.1) is 0 Å². The van der Waals surface area contributed by atoms with E-state index in [1.807, 2.05) is 0 Å². The molecule has 2 aliphatic carbocycles. The lowest BCUT2D eigenvalue weighted by molar-refractivity contribution is -0.123. The molecule has 132 valence electrons. The number of benzene rings is 1. The van der Waals surface area contributed by atoms with E-state index >= 15 is 0 Å². The fraction of sp³-hybridized carbons (Fsp3) is 0.529. The predicted octanol–water partition coefficient (Wildman–Crippen LogP) is 2.51. The molecule has 0 radical (unpaired) electrons. The van der Waals surface area contributed by atoms with Crippen LogP contribution < -0.4 is 5.32 Å². The molecule has 2 saturated carbocycles. The summed E-state index contributed by atoms with van der Waals surface area (Å²) in [6.07, 6.45) is 5.15. The van der Waals surface area contributed by atoms with Gasteiger partial charge in [0, 0.05) is 12.0 Å². The van der Waals surface area contributed by atoms with Crippen molar-refractivity contribution in [2.45, 2.75) is 38.1 Å². The number of tetrazole rings is 1. The number of carbonyl (C=O) groups excluding carboxylic acids is 1. The zero-order valence-corrected chi connectivity index (χ0v) is 13.6. The number of H-pyrrole nitrogens is 1. The van der Waals surface area contributed by atoms with Crippen LogP contribution in [0.15, 0.2) is 18.2 Å². The third-order valence-corrected chi connectivity index (χ3v) is 5.53. The number of amides is 1. The van der Waals surface area contributed by atoms with Crippen molar-refractivity contribution in [1.29, 1.82) is 0 Å². The normalized spacial score (nSPS) is 25.9. The lowest BCUT2D eigenvalue weighted by atomic mass is 9.86. The molecule has 0 saturated heterocycles. The average Bonchev–Trinajstić information content (AvgIpc) is 3.32. The Hall–Kier alpha value is -2.38. The van der Waals surface area contributed by atoms with Crippen LogP contribution in [0.4, 0.5) is 8.78 Å². The second kappa shape index (κ2) is 6.50. The fourth-order valence-electron chi connectivity index (χ4n) is 4.39. The molecule has 2 bridgehead atoms. The summed E-state index contributed by atoms with van der Waals surface area (Å²) in [5.74, 6) is 0.425. The van der Waals surface area contributed by atoms with Crippen molar-refractivity contribution in [1.82, 2.24) is 25.9 Å². The minimum Gasteiger partial charge on any atom is -0.342 e. The van der Waals surface area contributed by atoms with Crippen LogP contribution in [0.1, 0.15) is 49.5 Å². The van der Waals surface area contributed by atoms with E-state index in [1.54, 1.807) is 0 Å². The highest BCUT2D eigenvalue weighted by molar-refractivity contribution is 5.77. The molecule has 0 spiro atoms. The van der Waals surface area contributed by atoms with Crippen LogP contribution in [0.2, 0.25) is 0 Å². The first-order valence-electron chi connectivity index (χ1n) is 8.58. The molecule has 2 N–H and O–H groups in total. The second-order valence-corrected chi connectivity index (χ2v) is 7.08. The maximum atomic E-state index is 14.2. The zero-order valence-electron chi connectivity index (χ0n) is 13.6. The highest BCUT2D eigenvalue weighted by Gasteiger charge is 2.40. The number of nitrogens with zero attached hydrogens (tertiary/aromatic N) is 3. The minimum absolute atomic E-state index is 0.0114. The van der Waals surface area contributed by atoms with Crippen LogP contribution >= 0.6 is 0 Å². The molecular weight excluding hydrogens is 328 g/mol.